The van der Waals surface area contributed by atoms with Crippen LogP contribution in [0.1, 0.15) is 26.2 Å². The van der Waals surface area contributed by atoms with E-state index in [1.807, 2.05) is 6.92 Å². The van der Waals surface area contributed by atoms with Crippen LogP contribution in [0.4, 0.5) is 0 Å². The van der Waals surface area contributed by atoms with Crippen molar-refractivity contribution in [2.24, 2.45) is 0 Å². The molecule has 0 aromatic rings. The van der Waals surface area contributed by atoms with Gasteiger partial charge in [-0.15, -0.1) is 0 Å². The number of hydrogen-bond acceptors (Lipinski definition) is 4. The van der Waals surface area contributed by atoms with E-state index < -0.39 is 16.1 Å². The smallest absolute Gasteiger partial charge is 0.238 e. The minimum atomic E-state index is -3.35. The fourth-order valence-electron chi connectivity index (χ4n) is 2.67. The van der Waals surface area contributed by atoms with Crippen molar-refractivity contribution in [3.63, 3.8) is 0 Å². The Balaban J connectivity index is 2.19. The first-order valence-corrected chi connectivity index (χ1v) is 8.06. The van der Waals surface area contributed by atoms with E-state index in [4.69, 9.17) is 0 Å². The number of hydrogen-bond donors (Lipinski definition) is 2. The summed E-state index contributed by atoms with van der Waals surface area (Å²) in [6.07, 6.45) is 1.80. The second kappa shape index (κ2) is 5.54. The van der Waals surface area contributed by atoms with Gasteiger partial charge >= 0.3 is 0 Å². The van der Waals surface area contributed by atoms with Crippen molar-refractivity contribution >= 4 is 15.9 Å². The van der Waals surface area contributed by atoms with Gasteiger partial charge in [0.2, 0.25) is 15.9 Å². The van der Waals surface area contributed by atoms with Crippen LogP contribution < -0.4 is 10.6 Å². The van der Waals surface area contributed by atoms with Crippen LogP contribution in [0, 0.1) is 0 Å². The number of piperazine rings is 1. The van der Waals surface area contributed by atoms with Gasteiger partial charge < -0.3 is 10.6 Å². The highest BCUT2D eigenvalue weighted by molar-refractivity contribution is 7.89. The highest BCUT2D eigenvalue weighted by Gasteiger charge is 2.40. The van der Waals surface area contributed by atoms with Gasteiger partial charge in [0.25, 0.3) is 0 Å². The summed E-state index contributed by atoms with van der Waals surface area (Å²) >= 11 is 0. The SMILES string of the molecule is CCC1C(=O)NCCN1S(=O)(=O)C1CCNCC1. The third kappa shape index (κ3) is 2.53. The zero-order valence-electron chi connectivity index (χ0n) is 10.7. The quantitative estimate of drug-likeness (QED) is 0.712. The van der Waals surface area contributed by atoms with Crippen LogP contribution in [-0.4, -0.2) is 56.1 Å². The standard InChI is InChI=1S/C11H21N3O3S/c1-2-10-11(15)13-7-8-14(10)18(16,17)9-3-5-12-6-4-9/h9-10,12H,2-8H2,1H3,(H,13,15). The predicted molar refractivity (Wildman–Crippen MR) is 68.6 cm³/mol. The molecule has 2 aliphatic heterocycles. The minimum absolute atomic E-state index is 0.166. The molecule has 0 aromatic heterocycles. The van der Waals surface area contributed by atoms with Crippen LogP contribution in [0.2, 0.25) is 0 Å². The van der Waals surface area contributed by atoms with Gasteiger partial charge in [-0.1, -0.05) is 6.92 Å². The Morgan fingerprint density at radius 2 is 1.94 bits per heavy atom. The number of carbonyl (C=O) groups is 1. The van der Waals surface area contributed by atoms with Crippen LogP contribution in [0.5, 0.6) is 0 Å². The maximum absolute atomic E-state index is 12.6. The number of piperidine rings is 1. The second-order valence-corrected chi connectivity index (χ2v) is 6.99. The van der Waals surface area contributed by atoms with Crippen molar-refractivity contribution in [1.82, 2.24) is 14.9 Å². The average molecular weight is 275 g/mol. The molecule has 0 radical (unpaired) electrons. The molecule has 1 unspecified atom stereocenters. The van der Waals surface area contributed by atoms with Crippen molar-refractivity contribution in [3.05, 3.63) is 0 Å². The summed E-state index contributed by atoms with van der Waals surface area (Å²) < 4.78 is 26.6. The molecule has 18 heavy (non-hydrogen) atoms. The van der Waals surface area contributed by atoms with Crippen molar-refractivity contribution in [2.45, 2.75) is 37.5 Å². The Bertz CT molecular complexity index is 404. The van der Waals surface area contributed by atoms with Crippen molar-refractivity contribution in [2.75, 3.05) is 26.2 Å². The Morgan fingerprint density at radius 1 is 1.28 bits per heavy atom. The van der Waals surface area contributed by atoms with Gasteiger partial charge in [-0.05, 0) is 32.4 Å². The first-order chi connectivity index (χ1) is 8.57. The van der Waals surface area contributed by atoms with Crippen molar-refractivity contribution in [1.29, 1.82) is 0 Å². The van der Waals surface area contributed by atoms with E-state index in [9.17, 15) is 13.2 Å². The van der Waals surface area contributed by atoms with Gasteiger partial charge in [0, 0.05) is 13.1 Å². The normalized spacial score (nSPS) is 28.1. The molecule has 2 aliphatic rings. The molecule has 6 nitrogen and oxygen atoms in total. The number of amides is 1. The summed E-state index contributed by atoms with van der Waals surface area (Å²) in [4.78, 5) is 11.7. The Morgan fingerprint density at radius 3 is 2.56 bits per heavy atom. The number of sulfonamides is 1. The van der Waals surface area contributed by atoms with E-state index in [2.05, 4.69) is 10.6 Å². The van der Waals surface area contributed by atoms with E-state index in [1.165, 1.54) is 4.31 Å². The maximum Gasteiger partial charge on any atom is 0.238 e. The van der Waals surface area contributed by atoms with E-state index in [-0.39, 0.29) is 11.2 Å². The van der Waals surface area contributed by atoms with E-state index in [1.54, 1.807) is 0 Å². The lowest BCUT2D eigenvalue weighted by molar-refractivity contribution is -0.126. The molecule has 0 aliphatic carbocycles. The first-order valence-electron chi connectivity index (χ1n) is 6.56. The molecule has 104 valence electrons. The molecule has 2 fully saturated rings. The number of rotatable bonds is 3. The summed E-state index contributed by atoms with van der Waals surface area (Å²) in [5.74, 6) is -0.166. The lowest BCUT2D eigenvalue weighted by Crippen LogP contribution is -2.59. The van der Waals surface area contributed by atoms with Crippen molar-refractivity contribution < 1.29 is 13.2 Å². The monoisotopic (exact) mass is 275 g/mol. The largest absolute Gasteiger partial charge is 0.353 e. The summed E-state index contributed by atoms with van der Waals surface area (Å²) in [6, 6.07) is -0.529. The van der Waals surface area contributed by atoms with Gasteiger partial charge in [-0.3, -0.25) is 4.79 Å². The number of carbonyl (C=O) groups excluding carboxylic acids is 1. The Labute approximate surface area is 108 Å². The van der Waals surface area contributed by atoms with E-state index in [0.29, 0.717) is 32.4 Å². The first kappa shape index (κ1) is 13.8. The zero-order chi connectivity index (χ0) is 13.2. The fourth-order valence-corrected chi connectivity index (χ4v) is 4.83. The van der Waals surface area contributed by atoms with Crippen LogP contribution in [0.3, 0.4) is 0 Å². The Hall–Kier alpha value is -0.660. The highest BCUT2D eigenvalue weighted by Crippen LogP contribution is 2.22. The molecule has 7 heteroatoms. The predicted octanol–water partition coefficient (Wildman–Crippen LogP) is -0.721. The van der Waals surface area contributed by atoms with Gasteiger partial charge in [-0.25, -0.2) is 8.42 Å². The summed E-state index contributed by atoms with van der Waals surface area (Å²) in [5.41, 5.74) is 0. The van der Waals surface area contributed by atoms with Crippen molar-refractivity contribution in [3.8, 4) is 0 Å². The third-order valence-electron chi connectivity index (χ3n) is 3.70. The molecule has 2 rings (SSSR count). The van der Waals surface area contributed by atoms with Crippen LogP contribution in [0.25, 0.3) is 0 Å². The van der Waals surface area contributed by atoms with Gasteiger partial charge in [0.05, 0.1) is 5.25 Å². The molecular formula is C11H21N3O3S. The topological polar surface area (TPSA) is 78.5 Å². The van der Waals surface area contributed by atoms with Gasteiger partial charge in [-0.2, -0.15) is 4.31 Å². The average Bonchev–Trinajstić information content (AvgIpc) is 2.39. The molecule has 1 atom stereocenters. The second-order valence-electron chi connectivity index (χ2n) is 4.82. The summed E-state index contributed by atoms with van der Waals surface area (Å²) in [5, 5.41) is 5.56. The van der Waals surface area contributed by atoms with Crippen LogP contribution >= 0.6 is 0 Å². The minimum Gasteiger partial charge on any atom is -0.353 e. The van der Waals surface area contributed by atoms with Crippen LogP contribution in [0.15, 0.2) is 0 Å². The summed E-state index contributed by atoms with van der Waals surface area (Å²) in [7, 11) is -3.35. The molecule has 0 bridgehead atoms. The zero-order valence-corrected chi connectivity index (χ0v) is 11.5. The molecule has 0 spiro atoms. The lowest BCUT2D eigenvalue weighted by Gasteiger charge is -2.37. The number of nitrogens with zero attached hydrogens (tertiary/aromatic N) is 1. The maximum atomic E-state index is 12.6. The number of nitrogens with one attached hydrogen (secondary N) is 2. The Kier molecular flexibility index (Phi) is 4.24. The van der Waals surface area contributed by atoms with Gasteiger partial charge in [0.1, 0.15) is 6.04 Å². The molecule has 1 amide bonds. The highest BCUT2D eigenvalue weighted by atomic mass is 32.2. The lowest BCUT2D eigenvalue weighted by atomic mass is 10.2. The fraction of sp³-hybridized carbons (Fsp3) is 0.909. The van der Waals surface area contributed by atoms with E-state index >= 15 is 0 Å². The third-order valence-corrected chi connectivity index (χ3v) is 6.11. The molecular weight excluding hydrogens is 254 g/mol. The van der Waals surface area contributed by atoms with Crippen LogP contribution in [-0.2, 0) is 14.8 Å². The molecule has 2 saturated heterocycles. The van der Waals surface area contributed by atoms with E-state index in [0.717, 1.165) is 13.1 Å². The van der Waals surface area contributed by atoms with Gasteiger partial charge in [0.15, 0.2) is 0 Å². The molecule has 0 aromatic carbocycles. The molecule has 2 heterocycles. The summed E-state index contributed by atoms with van der Waals surface area (Å²) in [6.45, 7) is 4.14. The molecule has 2 N–H and O–H groups in total. The molecule has 0 saturated carbocycles.